The highest BCUT2D eigenvalue weighted by molar-refractivity contribution is 6.46. The number of imide groups is 1. The summed E-state index contributed by atoms with van der Waals surface area (Å²) in [4.78, 5) is 28.2. The third kappa shape index (κ3) is 3.90. The molecule has 0 atom stereocenters. The Balaban J connectivity index is 1.87. The summed E-state index contributed by atoms with van der Waals surface area (Å²) in [7, 11) is 2.99. The van der Waals surface area contributed by atoms with E-state index in [9.17, 15) is 9.59 Å². The van der Waals surface area contributed by atoms with Crippen LogP contribution in [-0.2, 0) is 9.59 Å². The Labute approximate surface area is 195 Å². The Bertz CT molecular complexity index is 1240. The van der Waals surface area contributed by atoms with Gasteiger partial charge in [0.25, 0.3) is 11.8 Å². The number of carbonyl (C=O) groups excluding carboxylic acids is 2. The van der Waals surface area contributed by atoms with Gasteiger partial charge in [-0.1, -0.05) is 47.5 Å². The summed E-state index contributed by atoms with van der Waals surface area (Å²) in [6.45, 7) is 0. The maximum absolute atomic E-state index is 13.6. The highest BCUT2D eigenvalue weighted by atomic mass is 35.5. The van der Waals surface area contributed by atoms with E-state index in [0.717, 1.165) is 4.90 Å². The van der Waals surface area contributed by atoms with Crippen molar-refractivity contribution in [2.75, 3.05) is 24.4 Å². The molecule has 162 valence electrons. The number of amides is 2. The van der Waals surface area contributed by atoms with Gasteiger partial charge in [-0.15, -0.1) is 0 Å². The average molecular weight is 469 g/mol. The molecule has 0 fully saturated rings. The summed E-state index contributed by atoms with van der Waals surface area (Å²) in [6.07, 6.45) is 0. The van der Waals surface area contributed by atoms with Gasteiger partial charge in [0.1, 0.15) is 17.2 Å². The van der Waals surface area contributed by atoms with Crippen molar-refractivity contribution in [1.82, 2.24) is 0 Å². The summed E-state index contributed by atoms with van der Waals surface area (Å²) in [6, 6.07) is 18.5. The van der Waals surface area contributed by atoms with Gasteiger partial charge in [0.2, 0.25) is 0 Å². The lowest BCUT2D eigenvalue weighted by atomic mass is 10.0. The molecule has 8 heteroatoms. The number of anilines is 2. The topological polar surface area (TPSA) is 67.9 Å². The number of hydrogen-bond donors (Lipinski definition) is 1. The van der Waals surface area contributed by atoms with Gasteiger partial charge in [0.15, 0.2) is 0 Å². The predicted molar refractivity (Wildman–Crippen MR) is 125 cm³/mol. The van der Waals surface area contributed by atoms with E-state index in [1.54, 1.807) is 66.7 Å². The Morgan fingerprint density at radius 2 is 1.44 bits per heavy atom. The van der Waals surface area contributed by atoms with Crippen molar-refractivity contribution in [3.63, 3.8) is 0 Å². The fraction of sp³-hybridized carbons (Fsp3) is 0.0833. The van der Waals surface area contributed by atoms with E-state index in [2.05, 4.69) is 5.32 Å². The fourth-order valence-electron chi connectivity index (χ4n) is 3.48. The number of hydrogen-bond acceptors (Lipinski definition) is 5. The molecule has 3 aromatic rings. The van der Waals surface area contributed by atoms with Crippen LogP contribution in [0.25, 0.3) is 5.57 Å². The summed E-state index contributed by atoms with van der Waals surface area (Å²) in [5, 5.41) is 4.02. The van der Waals surface area contributed by atoms with Gasteiger partial charge in [-0.25, -0.2) is 4.90 Å². The molecule has 6 nitrogen and oxygen atoms in total. The van der Waals surface area contributed by atoms with Crippen LogP contribution in [0.15, 0.2) is 72.4 Å². The van der Waals surface area contributed by atoms with Crippen molar-refractivity contribution >= 4 is 52.0 Å². The second-order valence-electron chi connectivity index (χ2n) is 6.84. The van der Waals surface area contributed by atoms with Gasteiger partial charge in [0, 0.05) is 10.0 Å². The molecule has 1 aliphatic heterocycles. The predicted octanol–water partition coefficient (Wildman–Crippen LogP) is 5.41. The fourth-order valence-corrected chi connectivity index (χ4v) is 3.77. The second kappa shape index (κ2) is 8.94. The number of ether oxygens (including phenoxy) is 2. The number of para-hydroxylation sites is 2. The molecule has 0 radical (unpaired) electrons. The third-order valence-corrected chi connectivity index (χ3v) is 5.45. The molecular formula is C24H18Cl2N2O4. The largest absolute Gasteiger partial charge is 0.495 e. The molecule has 32 heavy (non-hydrogen) atoms. The number of nitrogens with one attached hydrogen (secondary N) is 1. The molecule has 4 rings (SSSR count). The Morgan fingerprint density at radius 3 is 2.12 bits per heavy atom. The number of rotatable bonds is 6. The second-order valence-corrected chi connectivity index (χ2v) is 7.72. The molecule has 0 bridgehead atoms. The first-order valence-electron chi connectivity index (χ1n) is 9.57. The van der Waals surface area contributed by atoms with Crippen molar-refractivity contribution in [3.05, 3.63) is 88.0 Å². The lowest BCUT2D eigenvalue weighted by molar-refractivity contribution is -0.120. The van der Waals surface area contributed by atoms with E-state index in [-0.39, 0.29) is 11.3 Å². The van der Waals surface area contributed by atoms with E-state index in [1.807, 2.05) is 0 Å². The van der Waals surface area contributed by atoms with Crippen LogP contribution in [0, 0.1) is 0 Å². The molecule has 0 aliphatic carbocycles. The van der Waals surface area contributed by atoms with Crippen LogP contribution in [-0.4, -0.2) is 26.0 Å². The standard InChI is InChI=1S/C24H18Cl2N2O4/c1-31-19-12-11-16(26)13-17(19)27-22-21(14-7-9-15(25)10-8-14)23(29)28(24(22)30)18-5-3-4-6-20(18)32-2/h3-13,27H,1-2H3. The summed E-state index contributed by atoms with van der Waals surface area (Å²) >= 11 is 12.2. The van der Waals surface area contributed by atoms with Gasteiger partial charge in [-0.3, -0.25) is 9.59 Å². The van der Waals surface area contributed by atoms with Crippen LogP contribution in [0.3, 0.4) is 0 Å². The minimum absolute atomic E-state index is 0.0868. The summed E-state index contributed by atoms with van der Waals surface area (Å²) in [5.41, 5.74) is 1.60. The smallest absolute Gasteiger partial charge is 0.282 e. The SMILES string of the molecule is COc1ccc(Cl)cc1NC1=C(c2ccc(Cl)cc2)C(=O)N(c2ccccc2OC)C1=O. The van der Waals surface area contributed by atoms with Crippen molar-refractivity contribution < 1.29 is 19.1 Å². The van der Waals surface area contributed by atoms with Crippen molar-refractivity contribution in [3.8, 4) is 11.5 Å². The van der Waals surface area contributed by atoms with Crippen molar-refractivity contribution in [2.24, 2.45) is 0 Å². The number of nitrogens with zero attached hydrogens (tertiary/aromatic N) is 1. The van der Waals surface area contributed by atoms with Crippen molar-refractivity contribution in [2.45, 2.75) is 0 Å². The quantitative estimate of drug-likeness (QED) is 0.490. The molecule has 0 saturated carbocycles. The average Bonchev–Trinajstić information content (AvgIpc) is 3.04. The van der Waals surface area contributed by atoms with Gasteiger partial charge >= 0.3 is 0 Å². The Morgan fingerprint density at radius 1 is 0.781 bits per heavy atom. The van der Waals surface area contributed by atoms with Crippen LogP contribution < -0.4 is 19.7 Å². The maximum Gasteiger partial charge on any atom is 0.282 e. The number of methoxy groups -OCH3 is 2. The van der Waals surface area contributed by atoms with E-state index in [0.29, 0.717) is 38.5 Å². The molecule has 0 saturated heterocycles. The minimum atomic E-state index is -0.536. The highest BCUT2D eigenvalue weighted by Gasteiger charge is 2.41. The highest BCUT2D eigenvalue weighted by Crippen LogP contribution is 2.39. The van der Waals surface area contributed by atoms with Crippen LogP contribution in [0.2, 0.25) is 10.0 Å². The first kappa shape index (κ1) is 21.7. The van der Waals surface area contributed by atoms with Crippen molar-refractivity contribution in [1.29, 1.82) is 0 Å². The molecule has 0 aromatic heterocycles. The van der Waals surface area contributed by atoms with Gasteiger partial charge < -0.3 is 14.8 Å². The zero-order valence-electron chi connectivity index (χ0n) is 17.2. The van der Waals surface area contributed by atoms with Crippen LogP contribution in [0.4, 0.5) is 11.4 Å². The zero-order valence-corrected chi connectivity index (χ0v) is 18.7. The van der Waals surface area contributed by atoms with E-state index < -0.39 is 11.8 Å². The molecule has 3 aromatic carbocycles. The molecule has 2 amide bonds. The molecular weight excluding hydrogens is 451 g/mol. The minimum Gasteiger partial charge on any atom is -0.495 e. The zero-order chi connectivity index (χ0) is 22.8. The van der Waals surface area contributed by atoms with Gasteiger partial charge in [0.05, 0.1) is 31.2 Å². The van der Waals surface area contributed by atoms with E-state index in [4.69, 9.17) is 32.7 Å². The lowest BCUT2D eigenvalue weighted by Gasteiger charge is -2.18. The number of benzene rings is 3. The third-order valence-electron chi connectivity index (χ3n) is 4.96. The van der Waals surface area contributed by atoms with Crippen LogP contribution in [0.1, 0.15) is 5.56 Å². The molecule has 0 spiro atoms. The first-order chi connectivity index (χ1) is 15.4. The molecule has 1 heterocycles. The van der Waals surface area contributed by atoms with E-state index in [1.165, 1.54) is 14.2 Å². The molecule has 0 unspecified atom stereocenters. The maximum atomic E-state index is 13.6. The number of halogens is 2. The molecule has 1 N–H and O–H groups in total. The summed E-state index contributed by atoms with van der Waals surface area (Å²) in [5.74, 6) is -0.170. The number of carbonyl (C=O) groups is 2. The normalized spacial score (nSPS) is 13.6. The Kier molecular flexibility index (Phi) is 6.08. The van der Waals surface area contributed by atoms with Crippen LogP contribution >= 0.6 is 23.2 Å². The van der Waals surface area contributed by atoms with Gasteiger partial charge in [-0.2, -0.15) is 0 Å². The Hall–Kier alpha value is -3.48. The van der Waals surface area contributed by atoms with E-state index >= 15 is 0 Å². The van der Waals surface area contributed by atoms with Gasteiger partial charge in [-0.05, 0) is 48.0 Å². The molecule has 1 aliphatic rings. The monoisotopic (exact) mass is 468 g/mol. The summed E-state index contributed by atoms with van der Waals surface area (Å²) < 4.78 is 10.8. The van der Waals surface area contributed by atoms with Crippen LogP contribution in [0.5, 0.6) is 11.5 Å². The lowest BCUT2D eigenvalue weighted by Crippen LogP contribution is -2.32. The first-order valence-corrected chi connectivity index (χ1v) is 10.3.